The Morgan fingerprint density at radius 1 is 1.64 bits per heavy atom. The normalized spacial score (nSPS) is 9.86. The van der Waals surface area contributed by atoms with E-state index in [2.05, 4.69) is 0 Å². The van der Waals surface area contributed by atoms with Crippen molar-refractivity contribution in [3.05, 3.63) is 16.3 Å². The van der Waals surface area contributed by atoms with Crippen LogP contribution in [-0.4, -0.2) is 31.7 Å². The number of esters is 1. The van der Waals surface area contributed by atoms with Crippen LogP contribution >= 0.6 is 23.1 Å². The first kappa shape index (κ1) is 11.4. The Morgan fingerprint density at radius 2 is 2.43 bits per heavy atom. The zero-order chi connectivity index (χ0) is 10.4. The van der Waals surface area contributed by atoms with Gasteiger partial charge >= 0.3 is 5.97 Å². The Bertz CT molecular complexity index is 296. The van der Waals surface area contributed by atoms with Crippen LogP contribution in [0.4, 0.5) is 0 Å². The lowest BCUT2D eigenvalue weighted by atomic mass is 10.4. The summed E-state index contributed by atoms with van der Waals surface area (Å²) in [5.41, 5.74) is 0. The zero-order valence-corrected chi connectivity index (χ0v) is 9.74. The van der Waals surface area contributed by atoms with Gasteiger partial charge in [-0.05, 0) is 17.7 Å². The van der Waals surface area contributed by atoms with Gasteiger partial charge in [-0.2, -0.15) is 11.8 Å². The fraction of sp³-hybridized carbons (Fsp3) is 0.444. The summed E-state index contributed by atoms with van der Waals surface area (Å²) in [5, 5.41) is 1.81. The fourth-order valence-corrected chi connectivity index (χ4v) is 1.89. The standard InChI is InChI=1S/C9H12O3S2/c1-11-7-3-5-14-8(7)9(10)12-4-6-13-2/h3,5H,4,6H2,1-2H3. The van der Waals surface area contributed by atoms with Gasteiger partial charge in [-0.15, -0.1) is 11.3 Å². The van der Waals surface area contributed by atoms with Crippen molar-refractivity contribution in [1.82, 2.24) is 0 Å². The third kappa shape index (κ3) is 2.92. The molecule has 1 heterocycles. The molecule has 78 valence electrons. The summed E-state index contributed by atoms with van der Waals surface area (Å²) < 4.78 is 10.1. The molecule has 14 heavy (non-hydrogen) atoms. The molecule has 1 aromatic rings. The number of methoxy groups -OCH3 is 1. The molecule has 0 fully saturated rings. The molecule has 0 aliphatic carbocycles. The number of hydrogen-bond donors (Lipinski definition) is 0. The van der Waals surface area contributed by atoms with Gasteiger partial charge in [0.25, 0.3) is 0 Å². The van der Waals surface area contributed by atoms with E-state index >= 15 is 0 Å². The van der Waals surface area contributed by atoms with Gasteiger partial charge in [-0.3, -0.25) is 0 Å². The molecule has 0 bridgehead atoms. The maximum absolute atomic E-state index is 11.5. The maximum Gasteiger partial charge on any atom is 0.352 e. The van der Waals surface area contributed by atoms with Gasteiger partial charge in [0.1, 0.15) is 12.4 Å². The van der Waals surface area contributed by atoms with Crippen LogP contribution in [0.1, 0.15) is 9.67 Å². The Morgan fingerprint density at radius 3 is 3.07 bits per heavy atom. The Kier molecular flexibility index (Phi) is 4.82. The van der Waals surface area contributed by atoms with Crippen LogP contribution in [0.3, 0.4) is 0 Å². The van der Waals surface area contributed by atoms with Gasteiger partial charge in [0, 0.05) is 5.75 Å². The maximum atomic E-state index is 11.5. The van der Waals surface area contributed by atoms with Crippen LogP contribution in [0.2, 0.25) is 0 Å². The van der Waals surface area contributed by atoms with Crippen LogP contribution in [0.5, 0.6) is 5.75 Å². The van der Waals surface area contributed by atoms with E-state index in [-0.39, 0.29) is 5.97 Å². The first-order chi connectivity index (χ1) is 6.79. The molecule has 5 heteroatoms. The Hall–Kier alpha value is -0.680. The van der Waals surface area contributed by atoms with Crippen LogP contribution in [-0.2, 0) is 4.74 Å². The van der Waals surface area contributed by atoms with Gasteiger partial charge in [0.05, 0.1) is 7.11 Å². The lowest BCUT2D eigenvalue weighted by Crippen LogP contribution is -2.07. The quantitative estimate of drug-likeness (QED) is 0.576. The molecular formula is C9H12O3S2. The Balaban J connectivity index is 2.51. The first-order valence-electron chi connectivity index (χ1n) is 4.07. The average Bonchev–Trinajstić information content (AvgIpc) is 2.65. The smallest absolute Gasteiger partial charge is 0.352 e. The predicted molar refractivity (Wildman–Crippen MR) is 59.5 cm³/mol. The molecule has 3 nitrogen and oxygen atoms in total. The van der Waals surface area contributed by atoms with E-state index in [1.807, 2.05) is 11.6 Å². The number of thioether (sulfide) groups is 1. The van der Waals surface area contributed by atoms with Crippen molar-refractivity contribution in [3.8, 4) is 5.75 Å². The molecule has 0 spiro atoms. The minimum Gasteiger partial charge on any atom is -0.495 e. The second kappa shape index (κ2) is 5.93. The van der Waals surface area contributed by atoms with Gasteiger partial charge in [0.15, 0.2) is 4.88 Å². The van der Waals surface area contributed by atoms with Crippen molar-refractivity contribution in [1.29, 1.82) is 0 Å². The number of thiophene rings is 1. The first-order valence-corrected chi connectivity index (χ1v) is 6.34. The van der Waals surface area contributed by atoms with E-state index in [1.165, 1.54) is 11.3 Å². The summed E-state index contributed by atoms with van der Waals surface area (Å²) in [7, 11) is 1.54. The van der Waals surface area contributed by atoms with Crippen molar-refractivity contribution in [2.75, 3.05) is 25.7 Å². The van der Waals surface area contributed by atoms with Crippen molar-refractivity contribution in [2.45, 2.75) is 0 Å². The summed E-state index contributed by atoms with van der Waals surface area (Å²) >= 11 is 2.98. The molecule has 1 rings (SSSR count). The van der Waals surface area contributed by atoms with E-state index < -0.39 is 0 Å². The summed E-state index contributed by atoms with van der Waals surface area (Å²) in [6.07, 6.45) is 1.97. The molecule has 0 atom stereocenters. The Labute approximate surface area is 91.4 Å². The van der Waals surface area contributed by atoms with Gasteiger partial charge in [0.2, 0.25) is 0 Å². The highest BCUT2D eigenvalue weighted by atomic mass is 32.2. The van der Waals surface area contributed by atoms with Gasteiger partial charge < -0.3 is 9.47 Å². The largest absolute Gasteiger partial charge is 0.495 e. The number of hydrogen-bond acceptors (Lipinski definition) is 5. The highest BCUT2D eigenvalue weighted by Gasteiger charge is 2.14. The second-order valence-corrected chi connectivity index (χ2v) is 4.35. The molecule has 0 radical (unpaired) electrons. The molecular weight excluding hydrogens is 220 g/mol. The van der Waals surface area contributed by atoms with Crippen LogP contribution in [0, 0.1) is 0 Å². The molecule has 0 saturated carbocycles. The van der Waals surface area contributed by atoms with E-state index in [0.717, 1.165) is 5.75 Å². The number of ether oxygens (including phenoxy) is 2. The highest BCUT2D eigenvalue weighted by molar-refractivity contribution is 7.98. The summed E-state index contributed by atoms with van der Waals surface area (Å²) in [6.45, 7) is 0.445. The number of carbonyl (C=O) groups is 1. The topological polar surface area (TPSA) is 35.5 Å². The van der Waals surface area contributed by atoms with Crippen molar-refractivity contribution >= 4 is 29.1 Å². The lowest BCUT2D eigenvalue weighted by molar-refractivity contribution is 0.0533. The summed E-state index contributed by atoms with van der Waals surface area (Å²) in [4.78, 5) is 12.0. The minimum atomic E-state index is -0.300. The monoisotopic (exact) mass is 232 g/mol. The molecule has 1 aromatic heterocycles. The zero-order valence-electron chi connectivity index (χ0n) is 8.11. The molecule has 0 aliphatic heterocycles. The number of carbonyl (C=O) groups excluding carboxylic acids is 1. The van der Waals surface area contributed by atoms with Gasteiger partial charge in [-0.1, -0.05) is 0 Å². The molecule has 0 amide bonds. The van der Waals surface area contributed by atoms with Crippen molar-refractivity contribution in [3.63, 3.8) is 0 Å². The van der Waals surface area contributed by atoms with E-state index in [9.17, 15) is 4.79 Å². The van der Waals surface area contributed by atoms with Gasteiger partial charge in [-0.25, -0.2) is 4.79 Å². The van der Waals surface area contributed by atoms with Crippen LogP contribution in [0.25, 0.3) is 0 Å². The number of rotatable bonds is 5. The molecule has 0 saturated heterocycles. The predicted octanol–water partition coefficient (Wildman–Crippen LogP) is 2.28. The molecule has 0 unspecified atom stereocenters. The fourth-order valence-electron chi connectivity index (χ4n) is 0.890. The SMILES string of the molecule is COc1ccsc1C(=O)OCCSC. The summed E-state index contributed by atoms with van der Waals surface area (Å²) in [6, 6.07) is 1.76. The molecule has 0 N–H and O–H groups in total. The van der Waals surface area contributed by atoms with E-state index in [0.29, 0.717) is 17.2 Å². The third-order valence-corrected chi connectivity index (χ3v) is 3.01. The van der Waals surface area contributed by atoms with Crippen LogP contribution < -0.4 is 4.74 Å². The minimum absolute atomic E-state index is 0.300. The highest BCUT2D eigenvalue weighted by Crippen LogP contribution is 2.24. The van der Waals surface area contributed by atoms with Crippen LogP contribution in [0.15, 0.2) is 11.4 Å². The third-order valence-electron chi connectivity index (χ3n) is 1.56. The lowest BCUT2D eigenvalue weighted by Gasteiger charge is -2.03. The second-order valence-electron chi connectivity index (χ2n) is 2.45. The molecule has 0 aliphatic rings. The summed E-state index contributed by atoms with van der Waals surface area (Å²) in [5.74, 6) is 1.11. The van der Waals surface area contributed by atoms with Crippen molar-refractivity contribution < 1.29 is 14.3 Å². The average molecular weight is 232 g/mol. The van der Waals surface area contributed by atoms with E-state index in [4.69, 9.17) is 9.47 Å². The van der Waals surface area contributed by atoms with E-state index in [1.54, 1.807) is 24.9 Å². The van der Waals surface area contributed by atoms with Crippen molar-refractivity contribution in [2.24, 2.45) is 0 Å². The molecule has 0 aromatic carbocycles.